The van der Waals surface area contributed by atoms with Crippen molar-refractivity contribution in [2.45, 2.75) is 19.9 Å². The largest absolute Gasteiger partial charge is 0.406 e. The number of rotatable bonds is 4. The van der Waals surface area contributed by atoms with Crippen LogP contribution < -0.4 is 4.90 Å². The predicted molar refractivity (Wildman–Crippen MR) is 93.1 cm³/mol. The van der Waals surface area contributed by atoms with Crippen LogP contribution in [0.3, 0.4) is 0 Å². The maximum Gasteiger partial charge on any atom is 0.406 e. The third-order valence-corrected chi connectivity index (χ3v) is 4.48. The lowest BCUT2D eigenvalue weighted by molar-refractivity contribution is -0.388. The first-order valence-corrected chi connectivity index (χ1v) is 8.23. The first kappa shape index (κ1) is 16.4. The molecule has 0 spiro atoms. The minimum atomic E-state index is -0.399. The molecule has 1 aromatic carbocycles. The standard InChI is InChI=1S/C17H23N5O2/c1-14-4-6-15(7-5-14)12-20-8-3-9-21(11-10-20)17-16(22(23)24)18-13-19(17)2/h4-7,13H,3,8-12H2,1-2H3. The van der Waals surface area contributed by atoms with Crippen molar-refractivity contribution in [1.29, 1.82) is 0 Å². The fraction of sp³-hybridized carbons (Fsp3) is 0.471. The number of anilines is 1. The van der Waals surface area contributed by atoms with Crippen molar-refractivity contribution in [3.05, 3.63) is 51.8 Å². The molecule has 0 amide bonds. The summed E-state index contributed by atoms with van der Waals surface area (Å²) in [6.45, 7) is 6.47. The normalized spacial score (nSPS) is 16.2. The van der Waals surface area contributed by atoms with Crippen LogP contribution in [0.4, 0.5) is 11.6 Å². The molecular formula is C17H23N5O2. The highest BCUT2D eigenvalue weighted by Gasteiger charge is 2.27. The van der Waals surface area contributed by atoms with Gasteiger partial charge in [-0.05, 0) is 28.8 Å². The molecule has 0 saturated carbocycles. The van der Waals surface area contributed by atoms with E-state index in [4.69, 9.17) is 0 Å². The van der Waals surface area contributed by atoms with Gasteiger partial charge in [0.1, 0.15) is 0 Å². The Balaban J connectivity index is 1.68. The fourth-order valence-electron chi connectivity index (χ4n) is 3.20. The van der Waals surface area contributed by atoms with Crippen LogP contribution in [-0.4, -0.2) is 45.6 Å². The molecule has 7 heteroatoms. The molecule has 3 rings (SSSR count). The molecule has 0 unspecified atom stereocenters. The van der Waals surface area contributed by atoms with Crippen LogP contribution in [0.5, 0.6) is 0 Å². The summed E-state index contributed by atoms with van der Waals surface area (Å²) >= 11 is 0. The number of benzene rings is 1. The summed E-state index contributed by atoms with van der Waals surface area (Å²) in [5, 5.41) is 11.2. The van der Waals surface area contributed by atoms with Gasteiger partial charge in [-0.25, -0.2) is 0 Å². The molecular weight excluding hydrogens is 306 g/mol. The maximum atomic E-state index is 11.2. The Morgan fingerprint density at radius 1 is 1.17 bits per heavy atom. The van der Waals surface area contributed by atoms with E-state index < -0.39 is 4.92 Å². The first-order chi connectivity index (χ1) is 11.5. The molecule has 1 fully saturated rings. The molecule has 24 heavy (non-hydrogen) atoms. The third-order valence-electron chi connectivity index (χ3n) is 4.48. The van der Waals surface area contributed by atoms with E-state index in [2.05, 4.69) is 46.0 Å². The van der Waals surface area contributed by atoms with Crippen molar-refractivity contribution in [3.8, 4) is 0 Å². The lowest BCUT2D eigenvalue weighted by Gasteiger charge is -2.23. The maximum absolute atomic E-state index is 11.2. The minimum absolute atomic E-state index is 0.0514. The molecule has 2 heterocycles. The van der Waals surface area contributed by atoms with E-state index in [1.54, 1.807) is 4.57 Å². The Kier molecular flexibility index (Phi) is 4.80. The van der Waals surface area contributed by atoms with Gasteiger partial charge in [-0.3, -0.25) is 9.47 Å². The molecule has 7 nitrogen and oxygen atoms in total. The van der Waals surface area contributed by atoms with Crippen LogP contribution in [0, 0.1) is 17.0 Å². The van der Waals surface area contributed by atoms with Gasteiger partial charge in [-0.1, -0.05) is 29.8 Å². The van der Waals surface area contributed by atoms with E-state index in [9.17, 15) is 10.1 Å². The lowest BCUT2D eigenvalue weighted by Crippen LogP contribution is -2.31. The summed E-state index contributed by atoms with van der Waals surface area (Å²) in [4.78, 5) is 19.2. The Morgan fingerprint density at radius 3 is 2.62 bits per heavy atom. The van der Waals surface area contributed by atoms with Gasteiger partial charge in [0.15, 0.2) is 0 Å². The van der Waals surface area contributed by atoms with E-state index in [0.717, 1.165) is 39.1 Å². The summed E-state index contributed by atoms with van der Waals surface area (Å²) in [6, 6.07) is 8.62. The van der Waals surface area contributed by atoms with Crippen molar-refractivity contribution in [1.82, 2.24) is 14.5 Å². The van der Waals surface area contributed by atoms with Gasteiger partial charge in [-0.15, -0.1) is 0 Å². The fourth-order valence-corrected chi connectivity index (χ4v) is 3.20. The molecule has 0 N–H and O–H groups in total. The zero-order valence-corrected chi connectivity index (χ0v) is 14.2. The summed E-state index contributed by atoms with van der Waals surface area (Å²) in [5.74, 6) is 0.557. The number of nitrogens with zero attached hydrogens (tertiary/aromatic N) is 5. The van der Waals surface area contributed by atoms with Crippen molar-refractivity contribution >= 4 is 11.6 Å². The van der Waals surface area contributed by atoms with Crippen molar-refractivity contribution < 1.29 is 4.92 Å². The third kappa shape index (κ3) is 3.56. The van der Waals surface area contributed by atoms with Crippen molar-refractivity contribution in [3.63, 3.8) is 0 Å². The van der Waals surface area contributed by atoms with Gasteiger partial charge in [0.05, 0.1) is 0 Å². The molecule has 1 aliphatic rings. The molecule has 0 radical (unpaired) electrons. The van der Waals surface area contributed by atoms with Gasteiger partial charge in [-0.2, -0.15) is 0 Å². The van der Waals surface area contributed by atoms with E-state index in [-0.39, 0.29) is 5.82 Å². The van der Waals surface area contributed by atoms with Crippen LogP contribution in [0.2, 0.25) is 0 Å². The molecule has 1 saturated heterocycles. The SMILES string of the molecule is Cc1ccc(CN2CCCN(c3c([N+](=O)[O-])ncn3C)CC2)cc1. The Morgan fingerprint density at radius 2 is 1.92 bits per heavy atom. The smallest absolute Gasteiger partial charge is 0.358 e. The molecule has 0 aliphatic carbocycles. The topological polar surface area (TPSA) is 67.4 Å². The zero-order chi connectivity index (χ0) is 17.1. The lowest BCUT2D eigenvalue weighted by atomic mass is 10.1. The summed E-state index contributed by atoms with van der Waals surface area (Å²) in [5.41, 5.74) is 2.57. The Labute approximate surface area is 141 Å². The molecule has 1 aliphatic heterocycles. The van der Waals surface area contributed by atoms with E-state index >= 15 is 0 Å². The number of hydrogen-bond acceptors (Lipinski definition) is 5. The molecule has 2 aromatic rings. The molecule has 0 bridgehead atoms. The zero-order valence-electron chi connectivity index (χ0n) is 14.2. The van der Waals surface area contributed by atoms with Crippen molar-refractivity contribution in [2.24, 2.45) is 7.05 Å². The highest BCUT2D eigenvalue weighted by molar-refractivity contribution is 5.54. The second-order valence-electron chi connectivity index (χ2n) is 6.36. The van der Waals surface area contributed by atoms with Gasteiger partial charge in [0.2, 0.25) is 12.1 Å². The van der Waals surface area contributed by atoms with Gasteiger partial charge < -0.3 is 15.0 Å². The van der Waals surface area contributed by atoms with Gasteiger partial charge in [0.25, 0.3) is 0 Å². The average molecular weight is 329 g/mol. The molecule has 1 aromatic heterocycles. The number of hydrogen-bond donors (Lipinski definition) is 0. The second-order valence-corrected chi connectivity index (χ2v) is 6.36. The van der Waals surface area contributed by atoms with Crippen LogP contribution in [-0.2, 0) is 13.6 Å². The van der Waals surface area contributed by atoms with Crippen LogP contribution >= 0.6 is 0 Å². The van der Waals surface area contributed by atoms with E-state index in [0.29, 0.717) is 5.82 Å². The highest BCUT2D eigenvalue weighted by Crippen LogP contribution is 2.26. The number of imidazole rings is 1. The van der Waals surface area contributed by atoms with E-state index in [1.165, 1.54) is 17.5 Å². The monoisotopic (exact) mass is 329 g/mol. The van der Waals surface area contributed by atoms with Crippen LogP contribution in [0.15, 0.2) is 30.6 Å². The average Bonchev–Trinajstić information content (AvgIpc) is 2.80. The molecule has 128 valence electrons. The summed E-state index contributed by atoms with van der Waals surface area (Å²) in [7, 11) is 1.81. The summed E-state index contributed by atoms with van der Waals surface area (Å²) < 4.78 is 1.74. The first-order valence-electron chi connectivity index (χ1n) is 8.23. The Hall–Kier alpha value is -2.41. The van der Waals surface area contributed by atoms with Crippen LogP contribution in [0.25, 0.3) is 0 Å². The number of aryl methyl sites for hydroxylation is 2. The van der Waals surface area contributed by atoms with Gasteiger partial charge >= 0.3 is 5.82 Å². The second kappa shape index (κ2) is 7.00. The van der Waals surface area contributed by atoms with Crippen LogP contribution in [0.1, 0.15) is 17.5 Å². The summed E-state index contributed by atoms with van der Waals surface area (Å²) in [6.07, 6.45) is 2.50. The Bertz CT molecular complexity index is 710. The predicted octanol–water partition coefficient (Wildman–Crippen LogP) is 2.35. The van der Waals surface area contributed by atoms with Crippen molar-refractivity contribution in [2.75, 3.05) is 31.1 Å². The minimum Gasteiger partial charge on any atom is -0.358 e. The van der Waals surface area contributed by atoms with E-state index in [1.807, 2.05) is 7.05 Å². The molecule has 0 atom stereocenters. The van der Waals surface area contributed by atoms with Gasteiger partial charge in [0, 0.05) is 39.8 Å². The quantitative estimate of drug-likeness (QED) is 0.636. The highest BCUT2D eigenvalue weighted by atomic mass is 16.6. The number of aromatic nitrogens is 2. The number of nitro groups is 1.